The first-order chi connectivity index (χ1) is 13.4. The van der Waals surface area contributed by atoms with Gasteiger partial charge in [-0.05, 0) is 35.4 Å². The largest absolute Gasteiger partial charge is 0.508 e. The first kappa shape index (κ1) is 19.2. The van der Waals surface area contributed by atoms with E-state index in [0.717, 1.165) is 10.0 Å². The lowest BCUT2D eigenvalue weighted by Crippen LogP contribution is -2.19. The summed E-state index contributed by atoms with van der Waals surface area (Å²) in [5.74, 6) is -0.756. The Kier molecular flexibility index (Phi) is 5.80. The molecule has 3 rings (SSSR count). The van der Waals surface area contributed by atoms with Crippen molar-refractivity contribution in [2.24, 2.45) is 5.10 Å². The third kappa shape index (κ3) is 4.80. The molecule has 0 saturated heterocycles. The van der Waals surface area contributed by atoms with Gasteiger partial charge in [0.2, 0.25) is 5.69 Å². The molecule has 0 aliphatic rings. The van der Waals surface area contributed by atoms with Crippen LogP contribution in [0.4, 0.5) is 5.69 Å². The zero-order chi connectivity index (χ0) is 20.1. The van der Waals surface area contributed by atoms with Gasteiger partial charge >= 0.3 is 5.69 Å². The van der Waals surface area contributed by atoms with Gasteiger partial charge < -0.3 is 5.11 Å². The van der Waals surface area contributed by atoms with E-state index in [-0.39, 0.29) is 18.0 Å². The number of carbonyl (C=O) groups excluding carboxylic acids is 1. The van der Waals surface area contributed by atoms with Gasteiger partial charge in [-0.25, -0.2) is 5.43 Å². The van der Waals surface area contributed by atoms with Crippen LogP contribution in [0.3, 0.4) is 0 Å². The Labute approximate surface area is 167 Å². The number of halogens is 1. The number of benzene rings is 2. The number of aromatic hydroxyl groups is 1. The summed E-state index contributed by atoms with van der Waals surface area (Å²) in [7, 11) is 0. The molecule has 0 bridgehead atoms. The maximum Gasteiger partial charge on any atom is 0.320 e. The predicted octanol–water partition coefficient (Wildman–Crippen LogP) is 3.07. The van der Waals surface area contributed by atoms with Gasteiger partial charge in [-0.2, -0.15) is 10.2 Å². The van der Waals surface area contributed by atoms with Crippen LogP contribution in [0.1, 0.15) is 21.6 Å². The number of rotatable bonds is 6. The van der Waals surface area contributed by atoms with Crippen LogP contribution in [-0.4, -0.2) is 31.9 Å². The average molecular weight is 444 g/mol. The Balaban J connectivity index is 1.77. The second-order valence-corrected chi connectivity index (χ2v) is 6.66. The molecule has 1 aromatic heterocycles. The minimum Gasteiger partial charge on any atom is -0.508 e. The molecule has 0 unspecified atom stereocenters. The number of nitrogens with one attached hydrogen (secondary N) is 1. The molecule has 1 heterocycles. The highest BCUT2D eigenvalue weighted by molar-refractivity contribution is 9.10. The van der Waals surface area contributed by atoms with E-state index in [2.05, 4.69) is 31.6 Å². The van der Waals surface area contributed by atoms with Crippen LogP contribution in [0.2, 0.25) is 0 Å². The van der Waals surface area contributed by atoms with Crippen LogP contribution < -0.4 is 5.43 Å². The molecule has 9 nitrogen and oxygen atoms in total. The summed E-state index contributed by atoms with van der Waals surface area (Å²) in [6, 6.07) is 13.6. The van der Waals surface area contributed by atoms with E-state index in [4.69, 9.17) is 0 Å². The number of hydrazone groups is 1. The van der Waals surface area contributed by atoms with Crippen molar-refractivity contribution in [3.8, 4) is 5.75 Å². The van der Waals surface area contributed by atoms with Gasteiger partial charge in [-0.1, -0.05) is 40.2 Å². The van der Waals surface area contributed by atoms with Crippen LogP contribution in [0, 0.1) is 10.1 Å². The number of hydrogen-bond acceptors (Lipinski definition) is 6. The summed E-state index contributed by atoms with van der Waals surface area (Å²) >= 11 is 3.36. The van der Waals surface area contributed by atoms with Gasteiger partial charge in [0.15, 0.2) is 0 Å². The van der Waals surface area contributed by atoms with E-state index in [1.54, 1.807) is 12.1 Å². The quantitative estimate of drug-likeness (QED) is 0.344. The molecule has 2 aromatic carbocycles. The lowest BCUT2D eigenvalue weighted by molar-refractivity contribution is -0.385. The van der Waals surface area contributed by atoms with Crippen molar-refractivity contribution in [2.75, 3.05) is 0 Å². The highest BCUT2D eigenvalue weighted by Crippen LogP contribution is 2.19. The number of carbonyl (C=O) groups is 1. The lowest BCUT2D eigenvalue weighted by Gasteiger charge is -2.01. The number of phenolic OH excluding ortho intramolecular Hbond substituents is 1. The van der Waals surface area contributed by atoms with E-state index >= 15 is 0 Å². The van der Waals surface area contributed by atoms with Gasteiger partial charge in [0.05, 0.1) is 17.7 Å². The smallest absolute Gasteiger partial charge is 0.320 e. The summed E-state index contributed by atoms with van der Waals surface area (Å²) in [5, 5.41) is 28.5. The van der Waals surface area contributed by atoms with E-state index in [0.29, 0.717) is 5.56 Å². The molecule has 0 fully saturated rings. The molecule has 28 heavy (non-hydrogen) atoms. The van der Waals surface area contributed by atoms with Gasteiger partial charge in [0.25, 0.3) is 5.91 Å². The fourth-order valence-electron chi connectivity index (χ4n) is 2.43. The Morgan fingerprint density at radius 2 is 2.11 bits per heavy atom. The molecule has 142 valence electrons. The van der Waals surface area contributed by atoms with Crippen LogP contribution >= 0.6 is 15.9 Å². The Hall–Kier alpha value is -3.53. The summed E-state index contributed by atoms with van der Waals surface area (Å²) in [6.45, 7) is 0.264. The third-order valence-corrected chi connectivity index (χ3v) is 4.13. The zero-order valence-corrected chi connectivity index (χ0v) is 15.9. The zero-order valence-electron chi connectivity index (χ0n) is 14.3. The minimum atomic E-state index is -0.809. The highest BCUT2D eigenvalue weighted by Gasteiger charge is 2.25. The average Bonchev–Trinajstić information content (AvgIpc) is 3.06. The van der Waals surface area contributed by atoms with Crippen molar-refractivity contribution in [3.05, 3.63) is 86.1 Å². The van der Waals surface area contributed by atoms with Crippen molar-refractivity contribution in [1.82, 2.24) is 15.2 Å². The molecule has 0 atom stereocenters. The van der Waals surface area contributed by atoms with Crippen molar-refractivity contribution >= 4 is 33.7 Å². The molecule has 0 spiro atoms. The minimum absolute atomic E-state index is 0.0530. The van der Waals surface area contributed by atoms with Crippen LogP contribution in [-0.2, 0) is 6.54 Å². The fourth-order valence-corrected chi connectivity index (χ4v) is 2.88. The van der Waals surface area contributed by atoms with Crippen LogP contribution in [0.15, 0.2) is 64.3 Å². The second kappa shape index (κ2) is 8.44. The maximum absolute atomic E-state index is 12.3. The highest BCUT2D eigenvalue weighted by atomic mass is 79.9. The van der Waals surface area contributed by atoms with E-state index < -0.39 is 16.5 Å². The number of phenols is 1. The van der Waals surface area contributed by atoms with E-state index in [9.17, 15) is 20.0 Å². The SMILES string of the molecule is O=C(NN=Cc1cccc(O)c1)c1nn(Cc2cccc(Br)c2)cc1[N+](=O)[O-]. The van der Waals surface area contributed by atoms with E-state index in [1.165, 1.54) is 29.2 Å². The number of nitrogens with zero attached hydrogens (tertiary/aromatic N) is 4. The van der Waals surface area contributed by atoms with Crippen molar-refractivity contribution in [1.29, 1.82) is 0 Å². The number of hydrogen-bond donors (Lipinski definition) is 2. The molecule has 0 saturated carbocycles. The summed E-state index contributed by atoms with van der Waals surface area (Å²) in [4.78, 5) is 22.9. The van der Waals surface area contributed by atoms with Crippen molar-refractivity contribution in [2.45, 2.75) is 6.54 Å². The number of nitro groups is 1. The van der Waals surface area contributed by atoms with Crippen LogP contribution in [0.25, 0.3) is 0 Å². The Bertz CT molecular complexity index is 1060. The van der Waals surface area contributed by atoms with Gasteiger partial charge in [0, 0.05) is 4.47 Å². The summed E-state index contributed by atoms with van der Waals surface area (Å²) in [5.41, 5.74) is 2.87. The third-order valence-electron chi connectivity index (χ3n) is 3.64. The summed E-state index contributed by atoms with van der Waals surface area (Å²) in [6.07, 6.45) is 2.51. The Morgan fingerprint density at radius 3 is 2.82 bits per heavy atom. The molecule has 3 aromatic rings. The molecule has 1 amide bonds. The fraction of sp³-hybridized carbons (Fsp3) is 0.0556. The van der Waals surface area contributed by atoms with Crippen LogP contribution in [0.5, 0.6) is 5.75 Å². The number of amides is 1. The van der Waals surface area contributed by atoms with Gasteiger partial charge in [0.1, 0.15) is 11.9 Å². The first-order valence-electron chi connectivity index (χ1n) is 8.01. The van der Waals surface area contributed by atoms with Gasteiger partial charge in [-0.3, -0.25) is 19.6 Å². The molecule has 0 aliphatic heterocycles. The maximum atomic E-state index is 12.3. The monoisotopic (exact) mass is 443 g/mol. The van der Waals surface area contributed by atoms with Crippen molar-refractivity contribution in [3.63, 3.8) is 0 Å². The molecule has 10 heteroatoms. The normalized spacial score (nSPS) is 10.9. The van der Waals surface area contributed by atoms with E-state index in [1.807, 2.05) is 24.3 Å². The molecule has 0 aliphatic carbocycles. The number of aromatic nitrogens is 2. The topological polar surface area (TPSA) is 123 Å². The second-order valence-electron chi connectivity index (χ2n) is 5.74. The summed E-state index contributed by atoms with van der Waals surface area (Å²) < 4.78 is 2.19. The standard InChI is InChI=1S/C18H14BrN5O4/c19-14-5-1-4-13(7-14)10-23-11-16(24(27)28)17(22-23)18(26)21-20-9-12-3-2-6-15(25)8-12/h1-9,11,25H,10H2,(H,21,26). The molecule has 2 N–H and O–H groups in total. The predicted molar refractivity (Wildman–Crippen MR) is 105 cm³/mol. The molecular weight excluding hydrogens is 430 g/mol. The molecular formula is C18H14BrN5O4. The lowest BCUT2D eigenvalue weighted by atomic mass is 10.2. The van der Waals surface area contributed by atoms with Gasteiger partial charge in [-0.15, -0.1) is 0 Å². The molecule has 0 radical (unpaired) electrons. The first-order valence-corrected chi connectivity index (χ1v) is 8.80. The van der Waals surface area contributed by atoms with Crippen molar-refractivity contribution < 1.29 is 14.8 Å². The Morgan fingerprint density at radius 1 is 1.32 bits per heavy atom.